The number of aliphatic hydroxyl groups is 21. The summed E-state index contributed by atoms with van der Waals surface area (Å²) in [4.78, 5) is 5.11. The molecule has 0 radical (unpaired) electrons. The van der Waals surface area contributed by atoms with Crippen molar-refractivity contribution >= 4 is 12.0 Å². The second-order valence-electron chi connectivity index (χ2n) is 23.0. The number of hydrogen-bond donors (Lipinski definition) is 21. The molecule has 22 aliphatic rings. The number of morpholine rings is 1. The summed E-state index contributed by atoms with van der Waals surface area (Å²) in [6.45, 7) is -2.62. The number of nitrogens with zero attached hydrogens (tertiary/aromatic N) is 4. The van der Waals surface area contributed by atoms with Gasteiger partial charge in [0.2, 0.25) is 5.27 Å². The fourth-order valence-corrected chi connectivity index (χ4v) is 11.8. The van der Waals surface area contributed by atoms with Gasteiger partial charge in [-0.3, -0.25) is 4.52 Å². The molecule has 0 spiro atoms. The van der Waals surface area contributed by atoms with Crippen molar-refractivity contribution in [3.05, 3.63) is 6.20 Å². The Labute approximate surface area is 531 Å². The maximum atomic E-state index is 11.3. The van der Waals surface area contributed by atoms with Crippen LogP contribution in [0.1, 0.15) is 6.92 Å². The molecule has 0 amide bonds. The van der Waals surface area contributed by atoms with E-state index in [4.69, 9.17) is 75.6 Å². The predicted octanol–water partition coefficient (Wildman–Crippen LogP) is -16.9. The molecule has 21 N–H and O–H groups in total. The van der Waals surface area contributed by atoms with Crippen LogP contribution in [0.2, 0.25) is 0 Å². The molecule has 14 bridgehead atoms. The first-order chi connectivity index (χ1) is 44.9. The predicted molar refractivity (Wildman–Crippen MR) is 283 cm³/mol. The van der Waals surface area contributed by atoms with E-state index in [0.29, 0.717) is 13.2 Å². The summed E-state index contributed by atoms with van der Waals surface area (Å²) in [6, 6.07) is 0. The van der Waals surface area contributed by atoms with E-state index in [9.17, 15) is 112 Å². The van der Waals surface area contributed by atoms with Crippen molar-refractivity contribution in [2.45, 2.75) is 222 Å². The SMILES string of the molecule is CCOC([O-])=Nc1c[n+](N2CCOCC2)no1.OC[C@H]1O[C@@H]2O[C@H]3[C@H](O)[C@@H](O)[C@@H](O[C@H]4[C@H](O)[C@@H](O)[C@@H](O[C@H]5[C@H](O)[C@@H](O)[C@@H](O[C@H]6[C@H](O)[C@@H](O)[C@@H](O[C@H]7[C@H](O)[C@@H](O)[C@@H](O[C@H]8[C@H](O)[C@@H](O)[C@@H](O[C@H]1[C@H](O)[C@H]2O)O[C@@H]8CO)O[C@@H]7CO)O[C@@H]6CO)O[C@@H]5CO)O[C@@H]4CO)O[C@@H]3CO. The van der Waals surface area contributed by atoms with Crippen molar-refractivity contribution in [2.75, 3.05) is 84.2 Å². The monoisotopic (exact) mass is 1380 g/mol. The topological polar surface area (TPSA) is 641 Å². The molecular formula is C51H84N4O39. The first-order valence-electron chi connectivity index (χ1n) is 30.0. The van der Waals surface area contributed by atoms with E-state index in [2.05, 4.69) is 15.0 Å². The summed E-state index contributed by atoms with van der Waals surface area (Å²) < 4.78 is 94.2. The normalized spacial score (nSPS) is 48.5. The Morgan fingerprint density at radius 1 is 0.404 bits per heavy atom. The van der Waals surface area contributed by atoms with Gasteiger partial charge in [0, 0.05) is 0 Å². The highest BCUT2D eigenvalue weighted by atomic mass is 16.8. The van der Waals surface area contributed by atoms with Gasteiger partial charge in [0.15, 0.2) is 50.1 Å². The third-order valence-electron chi connectivity index (χ3n) is 17.0. The van der Waals surface area contributed by atoms with Crippen molar-refractivity contribution in [1.82, 2.24) is 5.27 Å². The average Bonchev–Trinajstić information content (AvgIpc) is 0.879. The fourth-order valence-electron chi connectivity index (χ4n) is 11.8. The number of aliphatic imine (C=N–C) groups is 1. The van der Waals surface area contributed by atoms with Crippen LogP contribution in [0.5, 0.6) is 0 Å². The van der Waals surface area contributed by atoms with Crippen LogP contribution in [0.15, 0.2) is 15.7 Å². The van der Waals surface area contributed by atoms with Crippen LogP contribution in [0, 0.1) is 0 Å². The highest BCUT2D eigenvalue weighted by molar-refractivity contribution is 5.64. The second kappa shape index (κ2) is 33.3. The van der Waals surface area contributed by atoms with Crippen molar-refractivity contribution in [3.8, 4) is 0 Å². The molecule has 22 saturated heterocycles. The van der Waals surface area contributed by atoms with Crippen LogP contribution < -0.4 is 14.9 Å². The van der Waals surface area contributed by atoms with E-state index in [1.807, 2.05) is 5.01 Å². The smallest absolute Gasteiger partial charge is 0.326 e. The van der Waals surface area contributed by atoms with Crippen LogP contribution in [-0.4, -0.2) is 413 Å². The van der Waals surface area contributed by atoms with Crippen LogP contribution >= 0.6 is 0 Å². The number of aliphatic hydroxyl groups excluding tert-OH is 21. The Balaban J connectivity index is 0.000000528. The first-order valence-corrected chi connectivity index (χ1v) is 30.0. The minimum Gasteiger partial charge on any atom is -0.600 e. The standard InChI is InChI=1S/C42H70O35.C9H14N4O4/c43-1-8-29-15(50)22(57)36(64-8)72-30-9(2-44)66-38(24(59)17(30)52)74-32-11(4-46)68-40(26(61)19(32)54)76-34-13(6-48)70-42(28(63)21(34)56)77-35-14(7-49)69-41(27(62)20(35)55)75-33-12(5-47)67-39(25(60)18(33)53)73-31-10(3-45)65-37(71-29)23(58)16(31)51;1-2-16-9(14)10-8-7-13(11-17-8)12-3-5-15-6-4-12/h8-63H,1-7H2;7H,2-6H2,1H3/t8-,9-,10-,11-,12-,13-,14-,15-,16-,17-,18-,19-,20-,21-,22-,23-,24-,25-,26-,27-,28-,29-,30-,31-,32-,33-,34-,35-,36-,37-,38-,39-,40-,41-,42-;/m1./s1. The van der Waals surface area contributed by atoms with E-state index >= 15 is 0 Å². The zero-order chi connectivity index (χ0) is 68.1. The summed E-state index contributed by atoms with van der Waals surface area (Å²) in [5.41, 5.74) is 0. The molecule has 23 rings (SSSR count). The molecule has 43 heteroatoms. The minimum absolute atomic E-state index is 0.120. The number of hydrogen-bond acceptors (Lipinski definition) is 42. The van der Waals surface area contributed by atoms with Gasteiger partial charge in [-0.25, -0.2) is 0 Å². The van der Waals surface area contributed by atoms with Gasteiger partial charge in [0.1, 0.15) is 171 Å². The lowest BCUT2D eigenvalue weighted by atomic mass is 9.95. The molecule has 542 valence electrons. The van der Waals surface area contributed by atoms with Gasteiger partial charge >= 0.3 is 5.88 Å². The van der Waals surface area contributed by atoms with Gasteiger partial charge in [0.25, 0.3) is 6.20 Å². The lowest BCUT2D eigenvalue weighted by Gasteiger charge is -2.50. The largest absolute Gasteiger partial charge is 0.600 e. The Morgan fingerprint density at radius 3 is 0.830 bits per heavy atom. The van der Waals surface area contributed by atoms with Crippen LogP contribution in [-0.2, 0) is 75.8 Å². The third kappa shape index (κ3) is 16.0. The van der Waals surface area contributed by atoms with Crippen LogP contribution in [0.4, 0.5) is 5.88 Å². The van der Waals surface area contributed by atoms with Gasteiger partial charge in [0.05, 0.1) is 77.3 Å². The quantitative estimate of drug-likeness (QED) is 0.0588. The average molecular weight is 1380 g/mol. The Hall–Kier alpha value is -3.23. The van der Waals surface area contributed by atoms with E-state index < -0.39 is 267 Å². The summed E-state index contributed by atoms with van der Waals surface area (Å²) in [7, 11) is 0. The lowest BCUT2D eigenvalue weighted by molar-refractivity contribution is -0.759. The molecule has 0 aliphatic carbocycles. The second-order valence-corrected chi connectivity index (χ2v) is 23.0. The third-order valence-corrected chi connectivity index (χ3v) is 17.0. The van der Waals surface area contributed by atoms with Crippen molar-refractivity contribution in [2.24, 2.45) is 4.99 Å². The zero-order valence-corrected chi connectivity index (χ0v) is 49.8. The molecule has 23 heterocycles. The summed E-state index contributed by atoms with van der Waals surface area (Å²) in [5.74, 6) is 0.120. The number of rotatable bonds is 10. The van der Waals surface area contributed by atoms with Crippen molar-refractivity contribution < 1.29 is 197 Å². The molecule has 94 heavy (non-hydrogen) atoms. The first kappa shape index (κ1) is 75.0. The lowest BCUT2D eigenvalue weighted by Crippen LogP contribution is -2.68. The van der Waals surface area contributed by atoms with Crippen LogP contribution in [0.3, 0.4) is 0 Å². The van der Waals surface area contributed by atoms with Gasteiger partial charge in [-0.2, -0.15) is 4.99 Å². The highest BCUT2D eigenvalue weighted by Crippen LogP contribution is 2.39. The van der Waals surface area contributed by atoms with Gasteiger partial charge in [-0.15, -0.1) is 5.01 Å². The molecule has 22 aliphatic heterocycles. The number of aromatic nitrogens is 2. The van der Waals surface area contributed by atoms with Crippen molar-refractivity contribution in [3.63, 3.8) is 0 Å². The zero-order valence-electron chi connectivity index (χ0n) is 49.8. The Bertz CT molecular complexity index is 2120. The summed E-state index contributed by atoms with van der Waals surface area (Å²) >= 11 is 0. The maximum Gasteiger partial charge on any atom is 0.326 e. The van der Waals surface area contributed by atoms with E-state index in [-0.39, 0.29) is 12.5 Å². The van der Waals surface area contributed by atoms with Gasteiger partial charge < -0.3 is 188 Å². The molecule has 0 aromatic carbocycles. The highest BCUT2D eigenvalue weighted by Gasteiger charge is 2.59. The Morgan fingerprint density at radius 2 is 0.628 bits per heavy atom. The maximum absolute atomic E-state index is 11.3. The van der Waals surface area contributed by atoms with Crippen molar-refractivity contribution in [1.29, 1.82) is 0 Å². The molecule has 0 unspecified atom stereocenters. The van der Waals surface area contributed by atoms with Crippen LogP contribution in [0.25, 0.3) is 0 Å². The minimum atomic E-state index is -2.21. The molecular weight excluding hydrogens is 1290 g/mol. The molecule has 35 atom stereocenters. The molecule has 0 saturated carbocycles. The van der Waals surface area contributed by atoms with E-state index in [1.54, 1.807) is 6.92 Å². The molecule has 43 nitrogen and oxygen atoms in total. The summed E-state index contributed by atoms with van der Waals surface area (Å²) in [6.07, 6.45) is -69.4. The van der Waals surface area contributed by atoms with E-state index in [0.717, 1.165) is 13.1 Å². The van der Waals surface area contributed by atoms with Gasteiger partial charge in [-0.1, -0.05) is 6.92 Å². The number of ether oxygens (including phenoxy) is 16. The van der Waals surface area contributed by atoms with Gasteiger partial charge in [-0.05, 0) is 6.61 Å². The molecule has 22 fully saturated rings. The fraction of sp³-hybridized carbons (Fsp3) is 0.941. The molecule has 1 aromatic rings. The molecule has 1 aromatic heterocycles. The van der Waals surface area contributed by atoms with E-state index in [1.165, 1.54) is 11.0 Å². The Kier molecular flexibility index (Phi) is 26.6. The summed E-state index contributed by atoms with van der Waals surface area (Å²) in [5, 5.41) is 247.